The minimum Gasteiger partial charge on any atom is -0.492 e. The Labute approximate surface area is 116 Å². The summed E-state index contributed by atoms with van der Waals surface area (Å²) in [6.45, 7) is 8.10. The van der Waals surface area contributed by atoms with Gasteiger partial charge in [-0.05, 0) is 55.6 Å². The first kappa shape index (κ1) is 14.4. The van der Waals surface area contributed by atoms with E-state index in [0.717, 1.165) is 50.2 Å². The van der Waals surface area contributed by atoms with Crippen LogP contribution in [0.4, 0.5) is 0 Å². The summed E-state index contributed by atoms with van der Waals surface area (Å²) < 4.78 is 5.80. The molecule has 19 heavy (non-hydrogen) atoms. The minimum absolute atomic E-state index is 0.310. The smallest absolute Gasteiger partial charge is 0.119 e. The Morgan fingerprint density at radius 2 is 2.11 bits per heavy atom. The topological polar surface area (TPSA) is 32.7 Å². The van der Waals surface area contributed by atoms with E-state index < -0.39 is 0 Å². The van der Waals surface area contributed by atoms with Crippen molar-refractivity contribution in [1.29, 1.82) is 0 Å². The number of aliphatic hydroxyl groups excluding tert-OH is 1. The average molecular weight is 263 g/mol. The zero-order valence-electron chi connectivity index (χ0n) is 12.1. The third kappa shape index (κ3) is 3.71. The van der Waals surface area contributed by atoms with Crippen LogP contribution in [-0.4, -0.2) is 36.2 Å². The maximum Gasteiger partial charge on any atom is 0.119 e. The molecule has 0 aromatic heterocycles. The molecule has 0 bridgehead atoms. The number of ether oxygens (including phenoxy) is 1. The van der Waals surface area contributed by atoms with Crippen LogP contribution in [0.25, 0.3) is 0 Å². The van der Waals surface area contributed by atoms with E-state index in [-0.39, 0.29) is 6.10 Å². The summed E-state index contributed by atoms with van der Waals surface area (Å²) in [5.74, 6) is 0.881. The standard InChI is InChI=1S/C16H25NO2/c1-3-17(4-2)10-11-19-14-9-8-13-6-5-7-16(18)15(13)12-14/h8-9,12,16,18H,3-7,10-11H2,1-2H3. The maximum absolute atomic E-state index is 10.0. The summed E-state index contributed by atoms with van der Waals surface area (Å²) in [7, 11) is 0. The van der Waals surface area contributed by atoms with E-state index in [0.29, 0.717) is 6.61 Å². The van der Waals surface area contributed by atoms with E-state index in [1.54, 1.807) is 0 Å². The zero-order valence-corrected chi connectivity index (χ0v) is 12.1. The first-order valence-corrected chi connectivity index (χ1v) is 7.40. The predicted molar refractivity (Wildman–Crippen MR) is 77.6 cm³/mol. The summed E-state index contributed by atoms with van der Waals surface area (Å²) >= 11 is 0. The number of aliphatic hydroxyl groups is 1. The van der Waals surface area contributed by atoms with Gasteiger partial charge in [-0.25, -0.2) is 0 Å². The summed E-state index contributed by atoms with van der Waals surface area (Å²) in [5, 5.41) is 10.0. The Balaban J connectivity index is 1.93. The van der Waals surface area contributed by atoms with Gasteiger partial charge in [0.1, 0.15) is 12.4 Å². The number of likely N-dealkylation sites (N-methyl/N-ethyl adjacent to an activating group) is 1. The first-order chi connectivity index (χ1) is 9.24. The molecule has 0 saturated heterocycles. The Morgan fingerprint density at radius 1 is 1.32 bits per heavy atom. The molecule has 1 atom stereocenters. The summed E-state index contributed by atoms with van der Waals surface area (Å²) in [5.41, 5.74) is 2.33. The van der Waals surface area contributed by atoms with Crippen LogP contribution in [0.5, 0.6) is 5.75 Å². The van der Waals surface area contributed by atoms with Gasteiger partial charge in [-0.3, -0.25) is 0 Å². The van der Waals surface area contributed by atoms with E-state index in [1.165, 1.54) is 5.56 Å². The molecule has 0 saturated carbocycles. The molecule has 0 heterocycles. The number of benzene rings is 1. The number of hydrogen-bond acceptors (Lipinski definition) is 3. The van der Waals surface area contributed by atoms with Crippen LogP contribution in [-0.2, 0) is 6.42 Å². The number of fused-ring (bicyclic) bond motifs is 1. The van der Waals surface area contributed by atoms with Crippen LogP contribution >= 0.6 is 0 Å². The number of aryl methyl sites for hydroxylation is 1. The molecule has 3 nitrogen and oxygen atoms in total. The highest BCUT2D eigenvalue weighted by Gasteiger charge is 2.18. The first-order valence-electron chi connectivity index (χ1n) is 7.40. The SMILES string of the molecule is CCN(CC)CCOc1ccc2c(c1)C(O)CCC2. The van der Waals surface area contributed by atoms with Crippen LogP contribution in [0.1, 0.15) is 43.9 Å². The van der Waals surface area contributed by atoms with Gasteiger partial charge in [0.15, 0.2) is 0 Å². The molecule has 1 aromatic rings. The Kier molecular flexibility index (Phi) is 5.23. The Bertz CT molecular complexity index is 402. The van der Waals surface area contributed by atoms with Gasteiger partial charge in [-0.1, -0.05) is 19.9 Å². The molecule has 0 radical (unpaired) electrons. The van der Waals surface area contributed by atoms with E-state index in [9.17, 15) is 5.11 Å². The van der Waals surface area contributed by atoms with Crippen LogP contribution < -0.4 is 4.74 Å². The quantitative estimate of drug-likeness (QED) is 0.856. The van der Waals surface area contributed by atoms with Gasteiger partial charge in [-0.15, -0.1) is 0 Å². The monoisotopic (exact) mass is 263 g/mol. The molecule has 0 fully saturated rings. The Morgan fingerprint density at radius 3 is 2.84 bits per heavy atom. The van der Waals surface area contributed by atoms with Gasteiger partial charge >= 0.3 is 0 Å². The largest absolute Gasteiger partial charge is 0.492 e. The fraction of sp³-hybridized carbons (Fsp3) is 0.625. The lowest BCUT2D eigenvalue weighted by molar-refractivity contribution is 0.155. The highest BCUT2D eigenvalue weighted by Crippen LogP contribution is 2.32. The summed E-state index contributed by atoms with van der Waals surface area (Å²) in [6.07, 6.45) is 2.72. The molecule has 1 aliphatic carbocycles. The van der Waals surface area contributed by atoms with Crippen molar-refractivity contribution in [2.45, 2.75) is 39.2 Å². The number of rotatable bonds is 6. The second-order valence-corrected chi connectivity index (χ2v) is 5.14. The molecule has 0 aliphatic heterocycles. The van der Waals surface area contributed by atoms with Crippen molar-refractivity contribution in [3.63, 3.8) is 0 Å². The van der Waals surface area contributed by atoms with Crippen LogP contribution in [0, 0.1) is 0 Å². The van der Waals surface area contributed by atoms with E-state index >= 15 is 0 Å². The van der Waals surface area contributed by atoms with Gasteiger partial charge in [0, 0.05) is 6.54 Å². The number of hydrogen-bond donors (Lipinski definition) is 1. The van der Waals surface area contributed by atoms with Crippen molar-refractivity contribution >= 4 is 0 Å². The van der Waals surface area contributed by atoms with Crippen molar-refractivity contribution < 1.29 is 9.84 Å². The molecular formula is C16H25NO2. The molecule has 2 rings (SSSR count). The van der Waals surface area contributed by atoms with Gasteiger partial charge in [0.25, 0.3) is 0 Å². The predicted octanol–water partition coefficient (Wildman–Crippen LogP) is 2.78. The summed E-state index contributed by atoms with van der Waals surface area (Å²) in [6, 6.07) is 6.14. The lowest BCUT2D eigenvalue weighted by Gasteiger charge is -2.22. The highest BCUT2D eigenvalue weighted by molar-refractivity contribution is 5.38. The summed E-state index contributed by atoms with van der Waals surface area (Å²) in [4.78, 5) is 2.34. The van der Waals surface area contributed by atoms with Gasteiger partial charge < -0.3 is 14.7 Å². The second kappa shape index (κ2) is 6.92. The maximum atomic E-state index is 10.0. The molecule has 1 aromatic carbocycles. The molecular weight excluding hydrogens is 238 g/mol. The van der Waals surface area contributed by atoms with Crippen molar-refractivity contribution in [2.75, 3.05) is 26.2 Å². The van der Waals surface area contributed by atoms with E-state index in [1.807, 2.05) is 12.1 Å². The Hall–Kier alpha value is -1.06. The molecule has 106 valence electrons. The van der Waals surface area contributed by atoms with Crippen molar-refractivity contribution in [2.24, 2.45) is 0 Å². The van der Waals surface area contributed by atoms with Crippen LogP contribution in [0.2, 0.25) is 0 Å². The van der Waals surface area contributed by atoms with E-state index in [4.69, 9.17) is 4.74 Å². The lowest BCUT2D eigenvalue weighted by Crippen LogP contribution is -2.27. The van der Waals surface area contributed by atoms with Crippen molar-refractivity contribution in [3.8, 4) is 5.75 Å². The fourth-order valence-corrected chi connectivity index (χ4v) is 2.67. The minimum atomic E-state index is -0.310. The fourth-order valence-electron chi connectivity index (χ4n) is 2.67. The van der Waals surface area contributed by atoms with E-state index in [2.05, 4.69) is 24.8 Å². The average Bonchev–Trinajstić information content (AvgIpc) is 2.44. The normalized spacial score (nSPS) is 18.4. The van der Waals surface area contributed by atoms with Crippen molar-refractivity contribution in [3.05, 3.63) is 29.3 Å². The zero-order chi connectivity index (χ0) is 13.7. The van der Waals surface area contributed by atoms with Crippen molar-refractivity contribution in [1.82, 2.24) is 4.90 Å². The second-order valence-electron chi connectivity index (χ2n) is 5.14. The highest BCUT2D eigenvalue weighted by atomic mass is 16.5. The molecule has 1 aliphatic rings. The number of nitrogens with zero attached hydrogens (tertiary/aromatic N) is 1. The molecule has 3 heteroatoms. The van der Waals surface area contributed by atoms with Crippen LogP contribution in [0.15, 0.2) is 18.2 Å². The van der Waals surface area contributed by atoms with Gasteiger partial charge in [-0.2, -0.15) is 0 Å². The van der Waals surface area contributed by atoms with Gasteiger partial charge in [0.2, 0.25) is 0 Å². The molecule has 0 amide bonds. The lowest BCUT2D eigenvalue weighted by atomic mass is 9.89. The molecule has 1 unspecified atom stereocenters. The molecule has 1 N–H and O–H groups in total. The van der Waals surface area contributed by atoms with Gasteiger partial charge in [0.05, 0.1) is 6.10 Å². The van der Waals surface area contributed by atoms with Crippen LogP contribution in [0.3, 0.4) is 0 Å². The third-order valence-corrected chi connectivity index (χ3v) is 3.97. The third-order valence-electron chi connectivity index (χ3n) is 3.97. The molecule has 0 spiro atoms.